The molecule has 17 heavy (non-hydrogen) atoms. The molecular weight excluding hydrogens is 242 g/mol. The fourth-order valence-corrected chi connectivity index (χ4v) is 2.76. The van der Waals surface area contributed by atoms with Gasteiger partial charge in [0.2, 0.25) is 5.91 Å². The Balaban J connectivity index is 0. The Morgan fingerprint density at radius 1 is 1.47 bits per heavy atom. The molecule has 102 valence electrons. The zero-order valence-corrected chi connectivity index (χ0v) is 11.8. The van der Waals surface area contributed by atoms with Crippen LogP contribution in [0.25, 0.3) is 0 Å². The van der Waals surface area contributed by atoms with E-state index in [2.05, 4.69) is 12.3 Å². The van der Waals surface area contributed by atoms with Crippen molar-refractivity contribution in [2.24, 2.45) is 17.1 Å². The van der Waals surface area contributed by atoms with E-state index in [4.69, 9.17) is 4.55 Å². The SMILES string of the molecule is C=CC(N)=O.CC(C)CC(C)(C)CS(=O)(=O)O. The minimum atomic E-state index is -3.83. The molecule has 0 unspecified atom stereocenters. The highest BCUT2D eigenvalue weighted by Gasteiger charge is 2.25. The van der Waals surface area contributed by atoms with Gasteiger partial charge in [0.1, 0.15) is 0 Å². The standard InChI is InChI=1S/C8H18O3S.C3H5NO/c1-7(2)5-8(3,4)6-12(9,10)11;1-2-3(4)5/h7H,5-6H2,1-4H3,(H,9,10,11);2H,1H2,(H2,4,5). The highest BCUT2D eigenvalue weighted by atomic mass is 32.2. The maximum atomic E-state index is 10.6. The molecule has 0 rings (SSSR count). The van der Waals surface area contributed by atoms with Crippen LogP contribution in [0.4, 0.5) is 0 Å². The first-order chi connectivity index (χ1) is 7.39. The van der Waals surface area contributed by atoms with E-state index < -0.39 is 16.0 Å². The Bertz CT molecular complexity index is 344. The van der Waals surface area contributed by atoms with Gasteiger partial charge in [-0.25, -0.2) is 0 Å². The first kappa shape index (κ1) is 18.5. The average Bonchev–Trinajstić information content (AvgIpc) is 1.97. The summed E-state index contributed by atoms with van der Waals surface area (Å²) in [7, 11) is -3.83. The van der Waals surface area contributed by atoms with Crippen molar-refractivity contribution >= 4 is 16.0 Å². The molecule has 6 heteroatoms. The number of carbonyl (C=O) groups excluding carboxylic acids is 1. The predicted octanol–water partition coefficient (Wildman–Crippen LogP) is 1.60. The third kappa shape index (κ3) is 17.7. The number of amides is 1. The second-order valence-corrected chi connectivity index (χ2v) is 6.55. The molecule has 0 spiro atoms. The van der Waals surface area contributed by atoms with Crippen LogP contribution in [-0.2, 0) is 14.9 Å². The Hall–Kier alpha value is -0.880. The molecule has 1 amide bonds. The van der Waals surface area contributed by atoms with Crippen molar-refractivity contribution in [1.29, 1.82) is 0 Å². The molecule has 0 aromatic rings. The lowest BCUT2D eigenvalue weighted by molar-refractivity contribution is -0.113. The highest BCUT2D eigenvalue weighted by Crippen LogP contribution is 2.26. The van der Waals surface area contributed by atoms with Crippen LogP contribution in [0.2, 0.25) is 0 Å². The van der Waals surface area contributed by atoms with Crippen molar-refractivity contribution in [3.63, 3.8) is 0 Å². The van der Waals surface area contributed by atoms with Gasteiger partial charge >= 0.3 is 0 Å². The van der Waals surface area contributed by atoms with Gasteiger partial charge in [-0.2, -0.15) is 8.42 Å². The highest BCUT2D eigenvalue weighted by molar-refractivity contribution is 7.85. The minimum Gasteiger partial charge on any atom is -0.366 e. The lowest BCUT2D eigenvalue weighted by Crippen LogP contribution is -2.25. The summed E-state index contributed by atoms with van der Waals surface area (Å²) in [4.78, 5) is 9.47. The van der Waals surface area contributed by atoms with Crippen LogP contribution in [0.1, 0.15) is 34.1 Å². The zero-order chi connectivity index (χ0) is 14.3. The second kappa shape index (κ2) is 7.45. The van der Waals surface area contributed by atoms with E-state index >= 15 is 0 Å². The number of hydrogen-bond donors (Lipinski definition) is 2. The quantitative estimate of drug-likeness (QED) is 0.582. The van der Waals surface area contributed by atoms with Crippen LogP contribution in [0.15, 0.2) is 12.7 Å². The van der Waals surface area contributed by atoms with Gasteiger partial charge in [0.15, 0.2) is 0 Å². The molecule has 0 aromatic heterocycles. The molecule has 0 saturated carbocycles. The van der Waals surface area contributed by atoms with Crippen molar-refractivity contribution in [2.45, 2.75) is 34.1 Å². The van der Waals surface area contributed by atoms with Crippen molar-refractivity contribution < 1.29 is 17.8 Å². The summed E-state index contributed by atoms with van der Waals surface area (Å²) in [6.07, 6.45) is 1.85. The molecule has 0 aliphatic carbocycles. The van der Waals surface area contributed by atoms with Gasteiger partial charge in [-0.1, -0.05) is 34.3 Å². The number of carbonyl (C=O) groups is 1. The van der Waals surface area contributed by atoms with Crippen LogP contribution in [0.5, 0.6) is 0 Å². The van der Waals surface area contributed by atoms with Gasteiger partial charge in [0, 0.05) is 0 Å². The summed E-state index contributed by atoms with van der Waals surface area (Å²) in [5.41, 5.74) is 4.20. The molecule has 0 aliphatic heterocycles. The molecule has 0 aliphatic rings. The van der Waals surface area contributed by atoms with Gasteiger partial charge in [0.05, 0.1) is 5.75 Å². The Morgan fingerprint density at radius 2 is 1.82 bits per heavy atom. The Morgan fingerprint density at radius 3 is 2.00 bits per heavy atom. The number of primary amides is 1. The fraction of sp³-hybridized carbons (Fsp3) is 0.727. The van der Waals surface area contributed by atoms with Crippen LogP contribution in [-0.4, -0.2) is 24.6 Å². The molecule has 0 bridgehead atoms. The van der Waals surface area contributed by atoms with Gasteiger partial charge in [-0.15, -0.1) is 0 Å². The number of hydrogen-bond acceptors (Lipinski definition) is 3. The summed E-state index contributed by atoms with van der Waals surface area (Å²) >= 11 is 0. The lowest BCUT2D eigenvalue weighted by atomic mass is 9.86. The van der Waals surface area contributed by atoms with Crippen LogP contribution >= 0.6 is 0 Å². The van der Waals surface area contributed by atoms with Gasteiger partial charge in [0.25, 0.3) is 10.1 Å². The summed E-state index contributed by atoms with van der Waals surface area (Å²) in [6, 6.07) is 0. The van der Waals surface area contributed by atoms with Crippen LogP contribution < -0.4 is 5.73 Å². The van der Waals surface area contributed by atoms with E-state index in [0.29, 0.717) is 5.92 Å². The zero-order valence-electron chi connectivity index (χ0n) is 10.9. The Labute approximate surface area is 104 Å². The molecule has 0 radical (unpaired) electrons. The van der Waals surface area contributed by atoms with Crippen LogP contribution in [0.3, 0.4) is 0 Å². The van der Waals surface area contributed by atoms with Gasteiger partial charge in [-0.05, 0) is 23.8 Å². The number of rotatable bonds is 5. The van der Waals surface area contributed by atoms with E-state index in [1.54, 1.807) is 0 Å². The Kier molecular flexibility index (Phi) is 8.10. The summed E-state index contributed by atoms with van der Waals surface area (Å²) < 4.78 is 29.8. The van der Waals surface area contributed by atoms with Crippen molar-refractivity contribution in [1.82, 2.24) is 0 Å². The van der Waals surface area contributed by atoms with Crippen molar-refractivity contribution in [3.05, 3.63) is 12.7 Å². The topological polar surface area (TPSA) is 97.5 Å². The molecule has 0 atom stereocenters. The summed E-state index contributed by atoms with van der Waals surface area (Å²) in [6.45, 7) is 10.8. The predicted molar refractivity (Wildman–Crippen MR) is 69.0 cm³/mol. The van der Waals surface area contributed by atoms with E-state index in [-0.39, 0.29) is 11.2 Å². The first-order valence-electron chi connectivity index (χ1n) is 5.26. The third-order valence-corrected chi connectivity index (χ3v) is 2.88. The van der Waals surface area contributed by atoms with Crippen molar-refractivity contribution in [3.8, 4) is 0 Å². The summed E-state index contributed by atoms with van der Waals surface area (Å²) in [5.74, 6) is -0.190. The first-order valence-corrected chi connectivity index (χ1v) is 6.87. The number of nitrogens with two attached hydrogens (primary N) is 1. The molecule has 0 saturated heterocycles. The van der Waals surface area contributed by atoms with E-state index in [9.17, 15) is 13.2 Å². The van der Waals surface area contributed by atoms with E-state index in [0.717, 1.165) is 12.5 Å². The van der Waals surface area contributed by atoms with Crippen LogP contribution in [0, 0.1) is 11.3 Å². The minimum absolute atomic E-state index is 0.155. The average molecular weight is 265 g/mol. The maximum absolute atomic E-state index is 10.6. The monoisotopic (exact) mass is 265 g/mol. The van der Waals surface area contributed by atoms with E-state index in [1.807, 2.05) is 27.7 Å². The molecule has 0 aromatic carbocycles. The smallest absolute Gasteiger partial charge is 0.265 e. The lowest BCUT2D eigenvalue weighted by Gasteiger charge is -2.24. The molecule has 0 heterocycles. The molecule has 5 nitrogen and oxygen atoms in total. The van der Waals surface area contributed by atoms with E-state index in [1.165, 1.54) is 0 Å². The second-order valence-electron chi connectivity index (χ2n) is 5.09. The maximum Gasteiger partial charge on any atom is 0.265 e. The van der Waals surface area contributed by atoms with Crippen molar-refractivity contribution in [2.75, 3.05) is 5.75 Å². The fourth-order valence-electron chi connectivity index (χ4n) is 1.66. The van der Waals surface area contributed by atoms with Gasteiger partial charge in [-0.3, -0.25) is 9.35 Å². The third-order valence-electron chi connectivity index (χ3n) is 1.74. The summed E-state index contributed by atoms with van der Waals surface area (Å²) in [5, 5.41) is 0. The normalized spacial score (nSPS) is 11.6. The van der Waals surface area contributed by atoms with Gasteiger partial charge < -0.3 is 5.73 Å². The largest absolute Gasteiger partial charge is 0.366 e. The molecular formula is C11H23NO4S. The molecule has 0 fully saturated rings. The molecule has 3 N–H and O–H groups in total.